The van der Waals surface area contributed by atoms with E-state index in [-0.39, 0.29) is 11.9 Å². The van der Waals surface area contributed by atoms with Crippen LogP contribution in [0.2, 0.25) is 0 Å². The van der Waals surface area contributed by atoms with Gasteiger partial charge < -0.3 is 18.9 Å². The molecule has 1 heterocycles. The number of carbonyl (C=O) groups excluding carboxylic acids is 1. The molecule has 0 N–H and O–H groups in total. The number of ether oxygens (including phenoxy) is 2. The van der Waals surface area contributed by atoms with Crippen LogP contribution in [0.25, 0.3) is 11.3 Å². The maximum absolute atomic E-state index is 13.0. The Bertz CT molecular complexity index is 977. The van der Waals surface area contributed by atoms with Crippen molar-refractivity contribution in [3.05, 3.63) is 65.4 Å². The number of methoxy groups -OCH3 is 2. The van der Waals surface area contributed by atoms with Gasteiger partial charge in [0.1, 0.15) is 17.2 Å². The highest BCUT2D eigenvalue weighted by atomic mass is 16.5. The van der Waals surface area contributed by atoms with Gasteiger partial charge in [-0.25, -0.2) is 0 Å². The predicted octanol–water partition coefficient (Wildman–Crippen LogP) is 4.72. The van der Waals surface area contributed by atoms with Crippen LogP contribution in [0.1, 0.15) is 35.5 Å². The largest absolute Gasteiger partial charge is 0.497 e. The number of hydrogen-bond acceptors (Lipinski definition) is 5. The fraction of sp³-hybridized carbons (Fsp3) is 0.304. The average molecular weight is 394 g/mol. The molecule has 0 spiro atoms. The molecule has 0 atom stereocenters. The third kappa shape index (κ3) is 4.59. The molecule has 6 nitrogen and oxygen atoms in total. The normalized spacial score (nSPS) is 10.8. The zero-order valence-electron chi connectivity index (χ0n) is 17.4. The van der Waals surface area contributed by atoms with E-state index in [9.17, 15) is 4.79 Å². The number of rotatable bonds is 7. The van der Waals surface area contributed by atoms with Crippen molar-refractivity contribution in [3.63, 3.8) is 0 Å². The van der Waals surface area contributed by atoms with Crippen LogP contribution in [0.15, 0.2) is 53.1 Å². The Morgan fingerprint density at radius 2 is 1.79 bits per heavy atom. The minimum absolute atomic E-state index is 0.00954. The molecule has 6 heteroatoms. The summed E-state index contributed by atoms with van der Waals surface area (Å²) >= 11 is 0. The van der Waals surface area contributed by atoms with Gasteiger partial charge in [-0.3, -0.25) is 4.79 Å². The molecule has 29 heavy (non-hydrogen) atoms. The molecular weight excluding hydrogens is 368 g/mol. The molecule has 2 aromatic carbocycles. The van der Waals surface area contributed by atoms with Crippen LogP contribution in [-0.2, 0) is 6.54 Å². The van der Waals surface area contributed by atoms with Crippen LogP contribution in [0, 0.1) is 6.92 Å². The minimum Gasteiger partial charge on any atom is -0.497 e. The first-order valence-electron chi connectivity index (χ1n) is 9.48. The smallest absolute Gasteiger partial charge is 0.254 e. The van der Waals surface area contributed by atoms with Gasteiger partial charge in [0.25, 0.3) is 5.91 Å². The molecule has 152 valence electrons. The number of aromatic nitrogens is 1. The van der Waals surface area contributed by atoms with Crippen molar-refractivity contribution in [2.45, 2.75) is 33.4 Å². The Kier molecular flexibility index (Phi) is 6.22. The molecule has 0 saturated carbocycles. The molecule has 0 aliphatic heterocycles. The van der Waals surface area contributed by atoms with Crippen LogP contribution in [0.5, 0.6) is 11.5 Å². The van der Waals surface area contributed by atoms with Crippen LogP contribution < -0.4 is 9.47 Å². The number of hydrogen-bond donors (Lipinski definition) is 0. The molecule has 0 saturated heterocycles. The highest BCUT2D eigenvalue weighted by molar-refractivity contribution is 5.94. The fourth-order valence-corrected chi connectivity index (χ4v) is 3.05. The first-order valence-corrected chi connectivity index (χ1v) is 9.48. The number of aryl methyl sites for hydroxylation is 1. The summed E-state index contributed by atoms with van der Waals surface area (Å²) in [6.45, 7) is 6.31. The summed E-state index contributed by atoms with van der Waals surface area (Å²) in [6, 6.07) is 14.9. The summed E-state index contributed by atoms with van der Waals surface area (Å²) in [5.41, 5.74) is 3.18. The Morgan fingerprint density at radius 3 is 2.41 bits per heavy atom. The summed E-state index contributed by atoms with van der Waals surface area (Å²) in [6.07, 6.45) is 0. The van der Waals surface area contributed by atoms with Gasteiger partial charge in [0.05, 0.1) is 26.3 Å². The zero-order valence-corrected chi connectivity index (χ0v) is 17.4. The fourth-order valence-electron chi connectivity index (χ4n) is 3.05. The second-order valence-electron chi connectivity index (χ2n) is 7.14. The molecule has 1 amide bonds. The summed E-state index contributed by atoms with van der Waals surface area (Å²) < 4.78 is 16.3. The summed E-state index contributed by atoms with van der Waals surface area (Å²) in [5, 5.41) is 4.17. The molecule has 0 bridgehead atoms. The van der Waals surface area contributed by atoms with Crippen LogP contribution in [-0.4, -0.2) is 36.2 Å². The summed E-state index contributed by atoms with van der Waals surface area (Å²) in [7, 11) is 3.21. The van der Waals surface area contributed by atoms with Crippen LogP contribution in [0.3, 0.4) is 0 Å². The summed E-state index contributed by atoms with van der Waals surface area (Å²) in [5.74, 6) is 1.87. The van der Waals surface area contributed by atoms with Gasteiger partial charge in [-0.1, -0.05) is 22.9 Å². The van der Waals surface area contributed by atoms with E-state index in [4.69, 9.17) is 14.0 Å². The van der Waals surface area contributed by atoms with Crippen molar-refractivity contribution in [3.8, 4) is 22.8 Å². The highest BCUT2D eigenvalue weighted by Crippen LogP contribution is 2.34. The van der Waals surface area contributed by atoms with Gasteiger partial charge in [-0.2, -0.15) is 0 Å². The van der Waals surface area contributed by atoms with Crippen molar-refractivity contribution in [1.82, 2.24) is 10.1 Å². The third-order valence-corrected chi connectivity index (χ3v) is 4.75. The monoisotopic (exact) mass is 394 g/mol. The Morgan fingerprint density at radius 1 is 1.07 bits per heavy atom. The molecular formula is C23H26N2O4. The number of carbonyl (C=O) groups is 1. The van der Waals surface area contributed by atoms with Gasteiger partial charge in [0, 0.05) is 17.7 Å². The van der Waals surface area contributed by atoms with Gasteiger partial charge in [0.15, 0.2) is 5.76 Å². The van der Waals surface area contributed by atoms with E-state index < -0.39 is 0 Å². The number of benzene rings is 2. The van der Waals surface area contributed by atoms with E-state index in [1.807, 2.05) is 69.3 Å². The van der Waals surface area contributed by atoms with Crippen molar-refractivity contribution < 1.29 is 18.8 Å². The van der Waals surface area contributed by atoms with Gasteiger partial charge >= 0.3 is 0 Å². The van der Waals surface area contributed by atoms with Crippen LogP contribution in [0.4, 0.5) is 0 Å². The Hall–Kier alpha value is -3.28. The lowest BCUT2D eigenvalue weighted by Crippen LogP contribution is -2.36. The van der Waals surface area contributed by atoms with Crippen molar-refractivity contribution in [2.75, 3.05) is 14.2 Å². The number of nitrogens with zero attached hydrogens (tertiary/aromatic N) is 2. The first-order chi connectivity index (χ1) is 13.9. The van der Waals surface area contributed by atoms with Crippen molar-refractivity contribution >= 4 is 5.91 Å². The lowest BCUT2D eigenvalue weighted by Gasteiger charge is -2.26. The first kappa shape index (κ1) is 20.5. The van der Waals surface area contributed by atoms with E-state index >= 15 is 0 Å². The van der Waals surface area contributed by atoms with E-state index in [1.165, 1.54) is 0 Å². The Balaban J connectivity index is 1.85. The Labute approximate surface area is 171 Å². The van der Waals surface area contributed by atoms with Gasteiger partial charge in [-0.05, 0) is 51.1 Å². The van der Waals surface area contributed by atoms with Gasteiger partial charge in [0.2, 0.25) is 0 Å². The lowest BCUT2D eigenvalue weighted by atomic mass is 10.1. The van der Waals surface area contributed by atoms with Gasteiger partial charge in [-0.15, -0.1) is 0 Å². The average Bonchev–Trinajstić information content (AvgIpc) is 3.20. The van der Waals surface area contributed by atoms with Crippen molar-refractivity contribution in [2.24, 2.45) is 0 Å². The third-order valence-electron chi connectivity index (χ3n) is 4.75. The molecule has 3 aromatic rings. The quantitative estimate of drug-likeness (QED) is 0.580. The maximum Gasteiger partial charge on any atom is 0.254 e. The van der Waals surface area contributed by atoms with E-state index in [2.05, 4.69) is 5.16 Å². The minimum atomic E-state index is -0.0384. The molecule has 0 fully saturated rings. The lowest BCUT2D eigenvalue weighted by molar-refractivity contribution is 0.0686. The standard InChI is InChI=1S/C23H26N2O4/c1-15(2)25(23(26)17-8-6-16(3)7-9-17)14-18-12-22(29-24-18)20-13-19(27-4)10-11-21(20)28-5/h6-13,15H,14H2,1-5H3. The van der Waals surface area contributed by atoms with E-state index in [0.29, 0.717) is 35.1 Å². The summed E-state index contributed by atoms with van der Waals surface area (Å²) in [4.78, 5) is 14.8. The molecule has 1 aromatic heterocycles. The second kappa shape index (κ2) is 8.82. The topological polar surface area (TPSA) is 64.8 Å². The van der Waals surface area contributed by atoms with E-state index in [0.717, 1.165) is 11.1 Å². The maximum atomic E-state index is 13.0. The molecule has 0 unspecified atom stereocenters. The number of amides is 1. The second-order valence-corrected chi connectivity index (χ2v) is 7.14. The van der Waals surface area contributed by atoms with E-state index in [1.54, 1.807) is 19.1 Å². The molecule has 3 rings (SSSR count). The van der Waals surface area contributed by atoms with Crippen molar-refractivity contribution in [1.29, 1.82) is 0 Å². The SMILES string of the molecule is COc1ccc(OC)c(-c2cc(CN(C(=O)c3ccc(C)cc3)C(C)C)no2)c1. The molecule has 0 radical (unpaired) electrons. The highest BCUT2D eigenvalue weighted by Gasteiger charge is 2.21. The zero-order chi connectivity index (χ0) is 21.0. The predicted molar refractivity (Wildman–Crippen MR) is 111 cm³/mol. The van der Waals surface area contributed by atoms with Crippen LogP contribution >= 0.6 is 0 Å². The molecule has 0 aliphatic rings. The molecule has 0 aliphatic carbocycles.